The van der Waals surface area contributed by atoms with Gasteiger partial charge in [-0.25, -0.2) is 0 Å². The molecule has 6 heteroatoms. The second-order valence-electron chi connectivity index (χ2n) is 5.22. The van der Waals surface area contributed by atoms with Crippen LogP contribution in [0.25, 0.3) is 0 Å². The molecule has 0 spiro atoms. The van der Waals surface area contributed by atoms with E-state index >= 15 is 0 Å². The minimum Gasteiger partial charge on any atom is -0.481 e. The monoisotopic (exact) mass is 265 g/mol. The Kier molecular flexibility index (Phi) is 3.59. The average molecular weight is 265 g/mol. The Morgan fingerprint density at radius 3 is 2.63 bits per heavy atom. The lowest BCUT2D eigenvalue weighted by Crippen LogP contribution is -2.39. The quantitative estimate of drug-likeness (QED) is 0.863. The van der Waals surface area contributed by atoms with Crippen molar-refractivity contribution in [1.29, 1.82) is 0 Å². The number of rotatable bonds is 5. The van der Waals surface area contributed by atoms with Crippen LogP contribution in [-0.4, -0.2) is 44.3 Å². The van der Waals surface area contributed by atoms with E-state index < -0.39 is 11.9 Å². The Morgan fingerprint density at radius 1 is 1.58 bits per heavy atom. The van der Waals surface area contributed by atoms with Crippen molar-refractivity contribution in [3.05, 3.63) is 17.5 Å². The first-order valence-electron chi connectivity index (χ1n) is 6.44. The van der Waals surface area contributed by atoms with E-state index in [0.29, 0.717) is 5.69 Å². The topological polar surface area (TPSA) is 75.4 Å². The number of aliphatic carboxylic acids is 1. The van der Waals surface area contributed by atoms with Crippen LogP contribution in [0.4, 0.5) is 0 Å². The number of nitrogens with zero attached hydrogens (tertiary/aromatic N) is 3. The van der Waals surface area contributed by atoms with Crippen LogP contribution in [0.15, 0.2) is 6.07 Å². The maximum absolute atomic E-state index is 12.5. The molecule has 0 saturated heterocycles. The Labute approximate surface area is 112 Å². The molecule has 6 nitrogen and oxygen atoms in total. The molecule has 1 N–H and O–H groups in total. The Hall–Kier alpha value is -1.85. The molecule has 1 heterocycles. The highest BCUT2D eigenvalue weighted by Gasteiger charge is 2.35. The summed E-state index contributed by atoms with van der Waals surface area (Å²) in [4.78, 5) is 25.1. The van der Waals surface area contributed by atoms with Gasteiger partial charge in [0.05, 0.1) is 11.6 Å². The Morgan fingerprint density at radius 2 is 2.21 bits per heavy atom. The van der Waals surface area contributed by atoms with Crippen LogP contribution in [0.2, 0.25) is 0 Å². The second kappa shape index (κ2) is 5.03. The number of hydrogen-bond donors (Lipinski definition) is 1. The summed E-state index contributed by atoms with van der Waals surface area (Å²) in [5.41, 5.74) is 1.30. The number of carbonyl (C=O) groups excluding carboxylic acids is 1. The van der Waals surface area contributed by atoms with Gasteiger partial charge in [-0.15, -0.1) is 0 Å². The molecule has 1 aliphatic carbocycles. The standard InChI is InChI=1S/C13H19N3O3/c1-8(13(18)19)7-16(10-4-5-10)12(17)11-6-9(2)14-15(11)3/h6,8,10H,4-5,7H2,1-3H3,(H,18,19). The van der Waals surface area contributed by atoms with Crippen molar-refractivity contribution in [2.24, 2.45) is 13.0 Å². The molecule has 104 valence electrons. The van der Waals surface area contributed by atoms with Gasteiger partial charge in [0.1, 0.15) is 5.69 Å². The lowest BCUT2D eigenvalue weighted by Gasteiger charge is -2.24. The van der Waals surface area contributed by atoms with Crippen LogP contribution in [-0.2, 0) is 11.8 Å². The highest BCUT2D eigenvalue weighted by atomic mass is 16.4. The predicted octanol–water partition coefficient (Wildman–Crippen LogP) is 1.05. The molecule has 1 atom stereocenters. The minimum absolute atomic E-state index is 0.126. The van der Waals surface area contributed by atoms with Gasteiger partial charge < -0.3 is 10.0 Å². The van der Waals surface area contributed by atoms with Gasteiger partial charge in [0.15, 0.2) is 0 Å². The molecular weight excluding hydrogens is 246 g/mol. The average Bonchev–Trinajstić information content (AvgIpc) is 3.10. The lowest BCUT2D eigenvalue weighted by atomic mass is 10.1. The van der Waals surface area contributed by atoms with Crippen molar-refractivity contribution in [2.45, 2.75) is 32.7 Å². The number of aromatic nitrogens is 2. The maximum Gasteiger partial charge on any atom is 0.308 e. The van der Waals surface area contributed by atoms with Gasteiger partial charge in [-0.05, 0) is 25.8 Å². The smallest absolute Gasteiger partial charge is 0.308 e. The lowest BCUT2D eigenvalue weighted by molar-refractivity contribution is -0.141. The number of aryl methyl sites for hydroxylation is 2. The van der Waals surface area contributed by atoms with Crippen LogP contribution in [0.5, 0.6) is 0 Å². The summed E-state index contributed by atoms with van der Waals surface area (Å²) in [6.45, 7) is 3.71. The van der Waals surface area contributed by atoms with Crippen LogP contribution in [0.3, 0.4) is 0 Å². The third-order valence-electron chi connectivity index (χ3n) is 3.36. The van der Waals surface area contributed by atoms with E-state index in [1.807, 2.05) is 6.92 Å². The van der Waals surface area contributed by atoms with Crippen LogP contribution in [0.1, 0.15) is 35.9 Å². The van der Waals surface area contributed by atoms with E-state index in [1.165, 1.54) is 0 Å². The fourth-order valence-electron chi connectivity index (χ4n) is 2.12. The van der Waals surface area contributed by atoms with E-state index in [2.05, 4.69) is 5.10 Å². The van der Waals surface area contributed by atoms with E-state index in [9.17, 15) is 9.59 Å². The van der Waals surface area contributed by atoms with Crippen molar-refractivity contribution in [1.82, 2.24) is 14.7 Å². The van der Waals surface area contributed by atoms with Gasteiger partial charge >= 0.3 is 5.97 Å². The van der Waals surface area contributed by atoms with Crippen molar-refractivity contribution in [3.63, 3.8) is 0 Å². The van der Waals surface area contributed by atoms with Crippen LogP contribution < -0.4 is 0 Å². The van der Waals surface area contributed by atoms with E-state index in [1.54, 1.807) is 29.6 Å². The summed E-state index contributed by atoms with van der Waals surface area (Å²) in [6.07, 6.45) is 1.91. The molecule has 1 aliphatic rings. The van der Waals surface area contributed by atoms with E-state index in [4.69, 9.17) is 5.11 Å². The summed E-state index contributed by atoms with van der Waals surface area (Å²) in [5.74, 6) is -1.56. The number of amides is 1. The maximum atomic E-state index is 12.5. The largest absolute Gasteiger partial charge is 0.481 e. The number of carboxylic acid groups (broad SMARTS) is 1. The van der Waals surface area contributed by atoms with Crippen molar-refractivity contribution in [2.75, 3.05) is 6.54 Å². The molecule has 19 heavy (non-hydrogen) atoms. The van der Waals surface area contributed by atoms with Crippen molar-refractivity contribution in [3.8, 4) is 0 Å². The number of carboxylic acids is 1. The van der Waals surface area contributed by atoms with Gasteiger partial charge in [0.2, 0.25) is 0 Å². The molecule has 1 fully saturated rings. The Bertz CT molecular complexity index is 505. The Balaban J connectivity index is 2.17. The summed E-state index contributed by atoms with van der Waals surface area (Å²) >= 11 is 0. The van der Waals surface area contributed by atoms with E-state index in [-0.39, 0.29) is 18.5 Å². The fourth-order valence-corrected chi connectivity index (χ4v) is 2.12. The molecule has 1 amide bonds. The van der Waals surface area contributed by atoms with Crippen LogP contribution in [0, 0.1) is 12.8 Å². The molecule has 0 aliphatic heterocycles. The molecule has 2 rings (SSSR count). The molecule has 1 aromatic rings. The molecule has 1 aromatic heterocycles. The first-order valence-corrected chi connectivity index (χ1v) is 6.44. The van der Waals surface area contributed by atoms with E-state index in [0.717, 1.165) is 18.5 Å². The summed E-state index contributed by atoms with van der Waals surface area (Å²) in [7, 11) is 1.73. The summed E-state index contributed by atoms with van der Waals surface area (Å²) < 4.78 is 1.55. The number of hydrogen-bond acceptors (Lipinski definition) is 3. The fraction of sp³-hybridized carbons (Fsp3) is 0.615. The molecule has 0 bridgehead atoms. The molecular formula is C13H19N3O3. The second-order valence-corrected chi connectivity index (χ2v) is 5.22. The third kappa shape index (κ3) is 2.94. The summed E-state index contributed by atoms with van der Waals surface area (Å²) in [5, 5.41) is 13.1. The zero-order valence-corrected chi connectivity index (χ0v) is 11.5. The zero-order valence-electron chi connectivity index (χ0n) is 11.5. The van der Waals surface area contributed by atoms with Crippen LogP contribution >= 0.6 is 0 Å². The zero-order chi connectivity index (χ0) is 14.2. The predicted molar refractivity (Wildman–Crippen MR) is 68.8 cm³/mol. The SMILES string of the molecule is Cc1cc(C(=O)N(CC(C)C(=O)O)C2CC2)n(C)n1. The first kappa shape index (κ1) is 13.6. The first-order chi connectivity index (χ1) is 8.90. The summed E-state index contributed by atoms with van der Waals surface area (Å²) in [6, 6.07) is 1.92. The van der Waals surface area contributed by atoms with Gasteiger partial charge in [0, 0.05) is 19.6 Å². The molecule has 1 unspecified atom stereocenters. The molecule has 1 saturated carbocycles. The highest BCUT2D eigenvalue weighted by Crippen LogP contribution is 2.29. The van der Waals surface area contributed by atoms with Gasteiger partial charge in [-0.1, -0.05) is 6.92 Å². The number of carbonyl (C=O) groups is 2. The normalized spacial score (nSPS) is 16.2. The minimum atomic E-state index is -0.875. The van der Waals surface area contributed by atoms with Gasteiger partial charge in [-0.2, -0.15) is 5.10 Å². The molecule has 0 radical (unpaired) electrons. The van der Waals surface area contributed by atoms with Crippen molar-refractivity contribution >= 4 is 11.9 Å². The molecule has 0 aromatic carbocycles. The van der Waals surface area contributed by atoms with Crippen molar-refractivity contribution < 1.29 is 14.7 Å². The van der Waals surface area contributed by atoms with Gasteiger partial charge in [0.25, 0.3) is 5.91 Å². The third-order valence-corrected chi connectivity index (χ3v) is 3.36. The highest BCUT2D eigenvalue weighted by molar-refractivity contribution is 5.93. The van der Waals surface area contributed by atoms with Gasteiger partial charge in [-0.3, -0.25) is 14.3 Å².